The normalized spacial score (nSPS) is 42.9. The summed E-state index contributed by atoms with van der Waals surface area (Å²) in [6, 6.07) is 4.19. The Labute approximate surface area is 103 Å². The molecule has 0 spiro atoms. The predicted octanol–water partition coefficient (Wildman–Crippen LogP) is 3.20. The Morgan fingerprint density at radius 1 is 0.941 bits per heavy atom. The Kier molecular flexibility index (Phi) is 2.03. The van der Waals surface area contributed by atoms with Crippen LogP contribution in [0.25, 0.3) is 0 Å². The molecule has 4 fully saturated rings. The Hall–Kier alpha value is -1.05. The Bertz CT molecular complexity index is 395. The van der Waals surface area contributed by atoms with E-state index in [-0.39, 0.29) is 0 Å². The third-order valence-corrected chi connectivity index (χ3v) is 5.42. The maximum atomic E-state index is 5.69. The zero-order valence-electron chi connectivity index (χ0n) is 10.2. The van der Waals surface area contributed by atoms with Crippen LogP contribution in [0.15, 0.2) is 18.3 Å². The van der Waals surface area contributed by atoms with E-state index in [4.69, 9.17) is 5.73 Å². The Morgan fingerprint density at radius 2 is 1.59 bits per heavy atom. The number of nitrogens with zero attached hydrogens (tertiary/aromatic N) is 1. The summed E-state index contributed by atoms with van der Waals surface area (Å²) >= 11 is 0. The highest BCUT2D eigenvalue weighted by Crippen LogP contribution is 2.59. The third-order valence-electron chi connectivity index (χ3n) is 5.42. The molecule has 4 bridgehead atoms. The van der Waals surface area contributed by atoms with Gasteiger partial charge in [-0.15, -0.1) is 0 Å². The van der Waals surface area contributed by atoms with Gasteiger partial charge >= 0.3 is 0 Å². The van der Waals surface area contributed by atoms with E-state index < -0.39 is 0 Å². The van der Waals surface area contributed by atoms with Gasteiger partial charge in [-0.3, -0.25) is 0 Å². The minimum atomic E-state index is 0.651. The number of hydrogen-bond acceptors (Lipinski definition) is 2. The molecule has 0 aliphatic heterocycles. The first-order valence-corrected chi connectivity index (χ1v) is 7.01. The van der Waals surface area contributed by atoms with Crippen molar-refractivity contribution >= 4 is 5.82 Å². The lowest BCUT2D eigenvalue weighted by Gasteiger charge is -2.54. The molecule has 0 aromatic carbocycles. The van der Waals surface area contributed by atoms with Crippen LogP contribution in [0, 0.1) is 23.7 Å². The van der Waals surface area contributed by atoms with Crippen molar-refractivity contribution in [2.24, 2.45) is 23.7 Å². The Morgan fingerprint density at radius 3 is 2.12 bits per heavy atom. The molecule has 4 saturated carbocycles. The number of pyridine rings is 1. The summed E-state index contributed by atoms with van der Waals surface area (Å²) < 4.78 is 0. The molecule has 17 heavy (non-hydrogen) atoms. The van der Waals surface area contributed by atoms with Gasteiger partial charge in [0.1, 0.15) is 5.82 Å². The molecule has 5 rings (SSSR count). The van der Waals surface area contributed by atoms with Crippen molar-refractivity contribution in [1.82, 2.24) is 4.98 Å². The molecular weight excluding hydrogens is 208 g/mol. The molecule has 1 aromatic rings. The minimum absolute atomic E-state index is 0.651. The molecule has 4 aliphatic carbocycles. The topological polar surface area (TPSA) is 38.9 Å². The molecule has 2 heteroatoms. The molecule has 1 heterocycles. The van der Waals surface area contributed by atoms with Gasteiger partial charge in [-0.1, -0.05) is 6.07 Å². The molecule has 2 nitrogen and oxygen atoms in total. The maximum absolute atomic E-state index is 5.69. The standard InChI is InChI=1S/C15H20N2/c16-14-2-1-11(8-17-14)15-12-4-9-3-10(6-12)7-13(15)5-9/h1-2,8-10,12-13,15H,3-7H2,(H2,16,17). The van der Waals surface area contributed by atoms with Crippen LogP contribution in [-0.2, 0) is 0 Å². The number of nitrogen functional groups attached to an aromatic ring is 1. The molecule has 4 aliphatic rings. The van der Waals surface area contributed by atoms with Crippen molar-refractivity contribution in [3.05, 3.63) is 23.9 Å². The van der Waals surface area contributed by atoms with E-state index in [2.05, 4.69) is 11.1 Å². The number of nitrogens with two attached hydrogens (primary N) is 1. The highest BCUT2D eigenvalue weighted by Gasteiger charge is 2.48. The molecule has 1 aromatic heterocycles. The summed E-state index contributed by atoms with van der Waals surface area (Å²) in [4.78, 5) is 4.29. The fourth-order valence-corrected chi connectivity index (χ4v) is 5.08. The van der Waals surface area contributed by atoms with Crippen molar-refractivity contribution in [2.75, 3.05) is 5.73 Å². The molecule has 0 amide bonds. The molecule has 0 saturated heterocycles. The number of aromatic nitrogens is 1. The second-order valence-corrected chi connectivity index (χ2v) is 6.47. The van der Waals surface area contributed by atoms with Gasteiger partial charge in [0, 0.05) is 6.20 Å². The minimum Gasteiger partial charge on any atom is -0.384 e. The average Bonchev–Trinajstić information content (AvgIpc) is 2.30. The number of anilines is 1. The smallest absolute Gasteiger partial charge is 0.123 e. The Balaban J connectivity index is 1.68. The average molecular weight is 228 g/mol. The van der Waals surface area contributed by atoms with E-state index >= 15 is 0 Å². The van der Waals surface area contributed by atoms with E-state index in [9.17, 15) is 0 Å². The molecule has 90 valence electrons. The summed E-state index contributed by atoms with van der Waals surface area (Å²) in [6.07, 6.45) is 9.45. The third kappa shape index (κ3) is 1.50. The van der Waals surface area contributed by atoms with Crippen LogP contribution < -0.4 is 5.73 Å². The first-order valence-electron chi connectivity index (χ1n) is 7.01. The van der Waals surface area contributed by atoms with Crippen molar-refractivity contribution in [3.63, 3.8) is 0 Å². The highest BCUT2D eigenvalue weighted by molar-refractivity contribution is 5.32. The molecule has 2 N–H and O–H groups in total. The SMILES string of the molecule is Nc1ccc(C2C3CC4CC(C3)CC2C4)cn1. The van der Waals surface area contributed by atoms with Crippen molar-refractivity contribution in [1.29, 1.82) is 0 Å². The lowest BCUT2D eigenvalue weighted by Crippen LogP contribution is -2.43. The first-order chi connectivity index (χ1) is 8.29. The summed E-state index contributed by atoms with van der Waals surface area (Å²) in [6.45, 7) is 0. The van der Waals surface area contributed by atoms with Crippen molar-refractivity contribution in [2.45, 2.75) is 38.0 Å². The van der Waals surface area contributed by atoms with Crippen LogP contribution in [0.1, 0.15) is 43.6 Å². The zero-order chi connectivity index (χ0) is 11.4. The van der Waals surface area contributed by atoms with E-state index in [0.717, 1.165) is 29.6 Å². The lowest BCUT2D eigenvalue weighted by molar-refractivity contribution is -0.00287. The fraction of sp³-hybridized carbons (Fsp3) is 0.667. The zero-order valence-corrected chi connectivity index (χ0v) is 10.2. The molecule has 0 radical (unpaired) electrons. The largest absolute Gasteiger partial charge is 0.384 e. The molecule has 0 atom stereocenters. The van der Waals surface area contributed by atoms with Crippen LogP contribution in [0.2, 0.25) is 0 Å². The van der Waals surface area contributed by atoms with Gasteiger partial charge in [0.2, 0.25) is 0 Å². The van der Waals surface area contributed by atoms with Crippen LogP contribution in [-0.4, -0.2) is 4.98 Å². The second-order valence-electron chi connectivity index (χ2n) is 6.47. The second kappa shape index (κ2) is 3.47. The van der Waals surface area contributed by atoms with Gasteiger partial charge in [0.15, 0.2) is 0 Å². The van der Waals surface area contributed by atoms with E-state index in [1.54, 1.807) is 0 Å². The number of rotatable bonds is 1. The van der Waals surface area contributed by atoms with E-state index in [1.165, 1.54) is 37.7 Å². The van der Waals surface area contributed by atoms with Crippen molar-refractivity contribution in [3.8, 4) is 0 Å². The van der Waals surface area contributed by atoms with Gasteiger partial charge in [0.05, 0.1) is 0 Å². The van der Waals surface area contributed by atoms with Crippen molar-refractivity contribution < 1.29 is 0 Å². The number of hydrogen-bond donors (Lipinski definition) is 1. The van der Waals surface area contributed by atoms with E-state index in [0.29, 0.717) is 5.82 Å². The van der Waals surface area contributed by atoms with Crippen LogP contribution in [0.3, 0.4) is 0 Å². The fourth-order valence-electron chi connectivity index (χ4n) is 5.08. The van der Waals surface area contributed by atoms with Gasteiger partial charge in [0.25, 0.3) is 0 Å². The monoisotopic (exact) mass is 228 g/mol. The first kappa shape index (κ1) is 9.93. The summed E-state index contributed by atoms with van der Waals surface area (Å²) in [7, 11) is 0. The summed E-state index contributed by atoms with van der Waals surface area (Å²) in [5.41, 5.74) is 7.14. The van der Waals surface area contributed by atoms with Gasteiger partial charge in [-0.2, -0.15) is 0 Å². The molecule has 0 unspecified atom stereocenters. The summed E-state index contributed by atoms with van der Waals surface area (Å²) in [5, 5.41) is 0. The van der Waals surface area contributed by atoms with Gasteiger partial charge in [-0.05, 0) is 73.3 Å². The van der Waals surface area contributed by atoms with Crippen LogP contribution in [0.4, 0.5) is 5.82 Å². The van der Waals surface area contributed by atoms with Gasteiger partial charge < -0.3 is 5.73 Å². The maximum Gasteiger partial charge on any atom is 0.123 e. The lowest BCUT2D eigenvalue weighted by atomic mass is 9.51. The van der Waals surface area contributed by atoms with Crippen LogP contribution in [0.5, 0.6) is 0 Å². The van der Waals surface area contributed by atoms with Crippen LogP contribution >= 0.6 is 0 Å². The quantitative estimate of drug-likeness (QED) is 0.801. The predicted molar refractivity (Wildman–Crippen MR) is 68.4 cm³/mol. The summed E-state index contributed by atoms with van der Waals surface area (Å²) in [5.74, 6) is 5.42. The van der Waals surface area contributed by atoms with E-state index in [1.807, 2.05) is 12.3 Å². The highest BCUT2D eigenvalue weighted by atomic mass is 14.8. The van der Waals surface area contributed by atoms with Gasteiger partial charge in [-0.25, -0.2) is 4.98 Å². The molecular formula is C15H20N2.